The van der Waals surface area contributed by atoms with Gasteiger partial charge in [-0.05, 0) is 37.7 Å². The van der Waals surface area contributed by atoms with E-state index in [2.05, 4.69) is 5.32 Å². The average molecular weight is 383 g/mol. The minimum atomic E-state index is -4.16. The van der Waals surface area contributed by atoms with Gasteiger partial charge in [0.15, 0.2) is 0 Å². The minimum absolute atomic E-state index is 0.00955. The molecule has 2 aromatic rings. The molecule has 0 spiro atoms. The highest BCUT2D eigenvalue weighted by Gasteiger charge is 2.42. The summed E-state index contributed by atoms with van der Waals surface area (Å²) in [7, 11) is -2.48. The van der Waals surface area contributed by atoms with Gasteiger partial charge in [-0.25, -0.2) is 13.1 Å². The number of benzene rings is 2. The van der Waals surface area contributed by atoms with Crippen molar-refractivity contribution in [3.05, 3.63) is 54.1 Å². The maximum absolute atomic E-state index is 14.3. The molecular formula is C17H19F2N3O3S. The van der Waals surface area contributed by atoms with Crippen molar-refractivity contribution in [1.82, 2.24) is 5.32 Å². The Morgan fingerprint density at radius 3 is 2.50 bits per heavy atom. The Morgan fingerprint density at radius 1 is 1.12 bits per heavy atom. The Bertz CT molecular complexity index is 908. The first-order chi connectivity index (χ1) is 12.4. The molecule has 1 heterocycles. The van der Waals surface area contributed by atoms with Gasteiger partial charge in [0.2, 0.25) is 0 Å². The molecule has 2 aromatic carbocycles. The first-order valence-corrected chi connectivity index (χ1v) is 9.45. The van der Waals surface area contributed by atoms with Crippen LogP contribution in [0.15, 0.2) is 42.5 Å². The third-order valence-corrected chi connectivity index (χ3v) is 5.90. The van der Waals surface area contributed by atoms with Crippen molar-refractivity contribution in [2.45, 2.75) is 12.5 Å². The summed E-state index contributed by atoms with van der Waals surface area (Å²) < 4.78 is 55.9. The van der Waals surface area contributed by atoms with E-state index in [0.29, 0.717) is 12.2 Å². The molecule has 140 valence electrons. The predicted molar refractivity (Wildman–Crippen MR) is 95.8 cm³/mol. The molecule has 3 rings (SSSR count). The Labute approximate surface area is 150 Å². The van der Waals surface area contributed by atoms with Crippen LogP contribution in [0.25, 0.3) is 0 Å². The van der Waals surface area contributed by atoms with Gasteiger partial charge in [-0.1, -0.05) is 12.1 Å². The van der Waals surface area contributed by atoms with Crippen LogP contribution in [0, 0.1) is 11.6 Å². The van der Waals surface area contributed by atoms with Crippen LogP contribution in [-0.2, 0) is 10.2 Å². The lowest BCUT2D eigenvalue weighted by Crippen LogP contribution is -2.38. The van der Waals surface area contributed by atoms with Gasteiger partial charge in [0.25, 0.3) is 0 Å². The summed E-state index contributed by atoms with van der Waals surface area (Å²) in [5.74, 6) is -1.58. The van der Waals surface area contributed by atoms with Gasteiger partial charge in [-0.15, -0.1) is 0 Å². The fourth-order valence-corrected chi connectivity index (χ4v) is 4.66. The van der Waals surface area contributed by atoms with Gasteiger partial charge in [-0.2, -0.15) is 8.42 Å². The van der Waals surface area contributed by atoms with E-state index in [1.165, 1.54) is 6.07 Å². The van der Waals surface area contributed by atoms with E-state index in [4.69, 9.17) is 0 Å². The molecule has 6 nitrogen and oxygen atoms in total. The number of hydrogen-bond acceptors (Lipinski definition) is 4. The van der Waals surface area contributed by atoms with Gasteiger partial charge < -0.3 is 10.4 Å². The highest BCUT2D eigenvalue weighted by Crippen LogP contribution is 2.46. The van der Waals surface area contributed by atoms with Gasteiger partial charge in [0.05, 0.1) is 23.2 Å². The van der Waals surface area contributed by atoms with E-state index in [9.17, 15) is 22.3 Å². The fraction of sp³-hybridized carbons (Fsp3) is 0.294. The molecule has 0 saturated carbocycles. The van der Waals surface area contributed by atoms with Crippen LogP contribution in [0.1, 0.15) is 6.42 Å². The highest BCUT2D eigenvalue weighted by atomic mass is 32.2. The average Bonchev–Trinajstić information content (AvgIpc) is 2.81. The lowest BCUT2D eigenvalue weighted by Gasteiger charge is -2.23. The molecule has 1 aliphatic heterocycles. The van der Waals surface area contributed by atoms with Crippen LogP contribution in [0.4, 0.5) is 25.8 Å². The lowest BCUT2D eigenvalue weighted by molar-refractivity contribution is 0.167. The molecule has 0 aromatic heterocycles. The zero-order valence-corrected chi connectivity index (χ0v) is 14.9. The summed E-state index contributed by atoms with van der Waals surface area (Å²) >= 11 is 0. The number of likely N-dealkylation sites (N-methyl/N-ethyl adjacent to an activating group) is 1. The van der Waals surface area contributed by atoms with Crippen molar-refractivity contribution in [1.29, 1.82) is 0 Å². The third-order valence-electron chi connectivity index (χ3n) is 4.11. The summed E-state index contributed by atoms with van der Waals surface area (Å²) in [5, 5.41) is 12.7. The topological polar surface area (TPSA) is 72.9 Å². The smallest absolute Gasteiger partial charge is 0.331 e. The number of rotatable bonds is 6. The molecule has 0 unspecified atom stereocenters. The second-order valence-corrected chi connectivity index (χ2v) is 7.63. The molecule has 26 heavy (non-hydrogen) atoms. The SMILES string of the molecule is CNC[C@H](O)CCN1c2ccccc2N(c2cc(F)ccc2F)S1(=O)=O. The minimum Gasteiger partial charge on any atom is -0.392 e. The van der Waals surface area contributed by atoms with Crippen LogP contribution < -0.4 is 13.9 Å². The molecule has 0 radical (unpaired) electrons. The van der Waals surface area contributed by atoms with E-state index in [1.54, 1.807) is 25.2 Å². The molecule has 2 N–H and O–H groups in total. The number of aliphatic hydroxyl groups is 1. The number of anilines is 3. The molecule has 1 atom stereocenters. The molecular weight excluding hydrogens is 364 g/mol. The molecule has 0 saturated heterocycles. The van der Waals surface area contributed by atoms with E-state index < -0.39 is 27.9 Å². The maximum Gasteiger partial charge on any atom is 0.331 e. The maximum atomic E-state index is 14.3. The summed E-state index contributed by atoms with van der Waals surface area (Å²) in [4.78, 5) is 0. The van der Waals surface area contributed by atoms with Crippen molar-refractivity contribution < 1.29 is 22.3 Å². The number of halogens is 2. The number of nitrogens with zero attached hydrogens (tertiary/aromatic N) is 2. The number of para-hydroxylation sites is 2. The van der Waals surface area contributed by atoms with E-state index in [-0.39, 0.29) is 24.3 Å². The first kappa shape index (κ1) is 18.6. The Balaban J connectivity index is 2.03. The number of hydrogen-bond donors (Lipinski definition) is 2. The van der Waals surface area contributed by atoms with Crippen LogP contribution in [0.2, 0.25) is 0 Å². The zero-order valence-electron chi connectivity index (χ0n) is 14.1. The second-order valence-electron chi connectivity index (χ2n) is 5.93. The van der Waals surface area contributed by atoms with E-state index >= 15 is 0 Å². The predicted octanol–water partition coefficient (Wildman–Crippen LogP) is 2.14. The molecule has 0 amide bonds. The van der Waals surface area contributed by atoms with Crippen LogP contribution >= 0.6 is 0 Å². The van der Waals surface area contributed by atoms with Crippen LogP contribution in [0.3, 0.4) is 0 Å². The van der Waals surface area contributed by atoms with Crippen molar-refractivity contribution in [3.63, 3.8) is 0 Å². The normalized spacial score (nSPS) is 16.6. The molecule has 0 fully saturated rings. The van der Waals surface area contributed by atoms with Crippen molar-refractivity contribution in [2.75, 3.05) is 28.7 Å². The lowest BCUT2D eigenvalue weighted by atomic mass is 10.2. The number of nitrogens with one attached hydrogen (secondary N) is 1. The highest BCUT2D eigenvalue weighted by molar-refractivity contribution is 7.95. The third kappa shape index (κ3) is 3.25. The van der Waals surface area contributed by atoms with E-state index in [1.807, 2.05) is 0 Å². The molecule has 0 aliphatic carbocycles. The number of fused-ring (bicyclic) bond motifs is 1. The Kier molecular flexibility index (Phi) is 5.12. The molecule has 1 aliphatic rings. The molecule has 0 bridgehead atoms. The van der Waals surface area contributed by atoms with E-state index in [0.717, 1.165) is 26.8 Å². The van der Waals surface area contributed by atoms with Crippen LogP contribution in [0.5, 0.6) is 0 Å². The largest absolute Gasteiger partial charge is 0.392 e. The van der Waals surface area contributed by atoms with Gasteiger partial charge >= 0.3 is 10.2 Å². The monoisotopic (exact) mass is 383 g/mol. The summed E-state index contributed by atoms with van der Waals surface area (Å²) in [5.41, 5.74) is 0.212. The van der Waals surface area contributed by atoms with Crippen molar-refractivity contribution in [2.24, 2.45) is 0 Å². The summed E-state index contributed by atoms with van der Waals surface area (Å²) in [6.07, 6.45) is -0.546. The fourth-order valence-electron chi connectivity index (χ4n) is 2.93. The Hall–Kier alpha value is -2.23. The zero-order chi connectivity index (χ0) is 18.9. The standard InChI is InChI=1S/C17H19F2N3O3S/c1-20-11-13(23)8-9-21-15-4-2-3-5-16(15)22(26(21,24)25)17-10-12(18)6-7-14(17)19/h2-7,10,13,20,23H,8-9,11H2,1H3/t13-/m1/s1. The second kappa shape index (κ2) is 7.18. The van der Waals surface area contributed by atoms with Gasteiger partial charge in [0, 0.05) is 19.2 Å². The Morgan fingerprint density at radius 2 is 1.81 bits per heavy atom. The summed E-state index contributed by atoms with van der Waals surface area (Å²) in [6.45, 7) is 0.327. The van der Waals surface area contributed by atoms with Crippen LogP contribution in [-0.4, -0.2) is 39.8 Å². The van der Waals surface area contributed by atoms with Gasteiger partial charge in [0.1, 0.15) is 11.6 Å². The van der Waals surface area contributed by atoms with Gasteiger partial charge in [-0.3, -0.25) is 4.31 Å². The molecule has 9 heteroatoms. The quantitative estimate of drug-likeness (QED) is 0.802. The van der Waals surface area contributed by atoms with Crippen molar-refractivity contribution in [3.8, 4) is 0 Å². The summed E-state index contributed by atoms with van der Waals surface area (Å²) in [6, 6.07) is 9.08. The number of aliphatic hydroxyl groups excluding tert-OH is 1. The van der Waals surface area contributed by atoms with Crippen molar-refractivity contribution >= 4 is 27.3 Å². The first-order valence-electron chi connectivity index (χ1n) is 8.06.